The Balaban J connectivity index is 2.28. The van der Waals surface area contributed by atoms with Gasteiger partial charge in [0.25, 0.3) is 0 Å². The van der Waals surface area contributed by atoms with Gasteiger partial charge in [-0.05, 0) is 44.2 Å². The van der Waals surface area contributed by atoms with Crippen molar-refractivity contribution in [1.82, 2.24) is 10.6 Å². The first-order chi connectivity index (χ1) is 10.5. The number of nitrogens with one attached hydrogen (secondary N) is 2. The monoisotopic (exact) mass is 324 g/mol. The number of aliphatic hydroxyl groups is 1. The lowest BCUT2D eigenvalue weighted by Gasteiger charge is -2.28. The van der Waals surface area contributed by atoms with Gasteiger partial charge in [-0.3, -0.25) is 4.79 Å². The second-order valence-corrected chi connectivity index (χ2v) is 5.85. The largest absolute Gasteiger partial charge is 0.391 e. The number of carbonyl (C=O) groups is 1. The molecule has 0 bridgehead atoms. The number of carbonyl (C=O) groups excluding carboxylic acids is 1. The fourth-order valence-electron chi connectivity index (χ4n) is 2.22. The summed E-state index contributed by atoms with van der Waals surface area (Å²) in [6, 6.07) is -0.117. The third-order valence-electron chi connectivity index (χ3n) is 3.50. The van der Waals surface area contributed by atoms with Gasteiger partial charge in [0.05, 0.1) is 18.7 Å². The third kappa shape index (κ3) is 7.48. The second kappa shape index (κ2) is 10.2. The molecule has 1 aliphatic rings. The zero-order chi connectivity index (χ0) is 16.4. The van der Waals surface area contributed by atoms with E-state index in [0.717, 1.165) is 31.3 Å². The number of halogens is 1. The lowest BCUT2D eigenvalue weighted by molar-refractivity contribution is -0.122. The highest BCUT2D eigenvalue weighted by Gasteiger charge is 2.23. The van der Waals surface area contributed by atoms with Crippen LogP contribution in [0.1, 0.15) is 32.6 Å². The van der Waals surface area contributed by atoms with Crippen molar-refractivity contribution < 1.29 is 9.90 Å². The molecular weight excluding hydrogens is 300 g/mol. The highest BCUT2D eigenvalue weighted by molar-refractivity contribution is 6.31. The molecule has 2 unspecified atom stereocenters. The van der Waals surface area contributed by atoms with E-state index in [4.69, 9.17) is 11.6 Å². The summed E-state index contributed by atoms with van der Waals surface area (Å²) in [6.07, 6.45) is 11.9. The molecule has 22 heavy (non-hydrogen) atoms. The molecule has 1 aliphatic carbocycles. The maximum atomic E-state index is 11.8. The van der Waals surface area contributed by atoms with Crippen LogP contribution in [0.4, 0.5) is 0 Å². The van der Waals surface area contributed by atoms with E-state index in [-0.39, 0.29) is 18.5 Å². The first-order valence-corrected chi connectivity index (χ1v) is 7.94. The Morgan fingerprint density at radius 2 is 2.14 bits per heavy atom. The van der Waals surface area contributed by atoms with Crippen LogP contribution in [0, 0.1) is 0 Å². The molecule has 0 aliphatic heterocycles. The number of allylic oxidation sites excluding steroid dienone is 6. The fourth-order valence-corrected chi connectivity index (χ4v) is 2.47. The Morgan fingerprint density at radius 1 is 1.41 bits per heavy atom. The Morgan fingerprint density at radius 3 is 2.82 bits per heavy atom. The zero-order valence-corrected chi connectivity index (χ0v) is 13.8. The van der Waals surface area contributed by atoms with Crippen LogP contribution in [-0.2, 0) is 4.79 Å². The SMILES string of the molecule is C=C/C(C)=C/C(Cl)=C\C=C\NCC(=O)NC1CCCCC1O. The number of amides is 1. The molecule has 0 saturated heterocycles. The number of hydrogen-bond acceptors (Lipinski definition) is 3. The van der Waals surface area contributed by atoms with Crippen molar-refractivity contribution in [1.29, 1.82) is 0 Å². The number of aliphatic hydroxyl groups excluding tert-OH is 1. The summed E-state index contributed by atoms with van der Waals surface area (Å²) in [6.45, 7) is 5.73. The predicted molar refractivity (Wildman–Crippen MR) is 91.4 cm³/mol. The van der Waals surface area contributed by atoms with Crippen LogP contribution in [0.5, 0.6) is 0 Å². The van der Waals surface area contributed by atoms with Crippen molar-refractivity contribution in [2.45, 2.75) is 44.8 Å². The average Bonchev–Trinajstić information content (AvgIpc) is 2.49. The van der Waals surface area contributed by atoms with E-state index in [1.54, 1.807) is 30.5 Å². The van der Waals surface area contributed by atoms with Gasteiger partial charge < -0.3 is 15.7 Å². The van der Waals surface area contributed by atoms with Gasteiger partial charge in [-0.15, -0.1) is 0 Å². The van der Waals surface area contributed by atoms with E-state index in [1.807, 2.05) is 6.92 Å². The van der Waals surface area contributed by atoms with Crippen LogP contribution in [0.25, 0.3) is 0 Å². The minimum Gasteiger partial charge on any atom is -0.391 e. The molecule has 5 heteroatoms. The van der Waals surface area contributed by atoms with E-state index in [0.29, 0.717) is 5.03 Å². The molecule has 4 nitrogen and oxygen atoms in total. The summed E-state index contributed by atoms with van der Waals surface area (Å²) >= 11 is 5.99. The Labute approximate surface area is 137 Å². The molecule has 0 aromatic heterocycles. The Hall–Kier alpha value is -1.52. The Bertz CT molecular complexity index is 469. The van der Waals surface area contributed by atoms with E-state index in [1.165, 1.54) is 0 Å². The third-order valence-corrected chi connectivity index (χ3v) is 3.73. The number of rotatable bonds is 7. The quantitative estimate of drug-likeness (QED) is 0.631. The minimum atomic E-state index is -0.421. The predicted octanol–water partition coefficient (Wildman–Crippen LogP) is 2.76. The van der Waals surface area contributed by atoms with E-state index in [9.17, 15) is 9.90 Å². The fraction of sp³-hybridized carbons (Fsp3) is 0.471. The van der Waals surface area contributed by atoms with Gasteiger partial charge >= 0.3 is 0 Å². The van der Waals surface area contributed by atoms with Gasteiger partial charge in [-0.2, -0.15) is 0 Å². The highest BCUT2D eigenvalue weighted by Crippen LogP contribution is 2.18. The van der Waals surface area contributed by atoms with Crippen molar-refractivity contribution >= 4 is 17.5 Å². The van der Waals surface area contributed by atoms with Gasteiger partial charge in [0.1, 0.15) is 0 Å². The van der Waals surface area contributed by atoms with Crippen LogP contribution in [0.15, 0.2) is 47.7 Å². The summed E-state index contributed by atoms with van der Waals surface area (Å²) in [4.78, 5) is 11.8. The molecule has 0 aromatic rings. The van der Waals surface area contributed by atoms with Gasteiger partial charge in [-0.1, -0.05) is 42.7 Å². The molecule has 1 rings (SSSR count). The summed E-state index contributed by atoms with van der Waals surface area (Å²) in [5.74, 6) is -0.118. The van der Waals surface area contributed by atoms with Gasteiger partial charge in [-0.25, -0.2) is 0 Å². The first-order valence-electron chi connectivity index (χ1n) is 7.57. The van der Waals surface area contributed by atoms with Crippen LogP contribution >= 0.6 is 11.6 Å². The summed E-state index contributed by atoms with van der Waals surface area (Å²) < 4.78 is 0. The van der Waals surface area contributed by atoms with Crippen LogP contribution in [-0.4, -0.2) is 29.7 Å². The van der Waals surface area contributed by atoms with E-state index in [2.05, 4.69) is 17.2 Å². The van der Waals surface area contributed by atoms with Crippen molar-refractivity contribution in [3.05, 3.63) is 47.7 Å². The highest BCUT2D eigenvalue weighted by atomic mass is 35.5. The standard InChI is InChI=1S/C17H25ClN2O2/c1-3-13(2)11-14(18)7-6-10-19-12-17(22)20-15-8-4-5-9-16(15)21/h3,6-7,10-11,15-16,19,21H,1,4-5,8-9,12H2,2H3,(H,20,22)/b10-6+,13-11+,14-7+. The molecule has 0 aromatic carbocycles. The normalized spacial score (nSPS) is 23.4. The molecule has 2 atom stereocenters. The zero-order valence-electron chi connectivity index (χ0n) is 13.0. The van der Waals surface area contributed by atoms with Crippen molar-refractivity contribution in [3.8, 4) is 0 Å². The molecule has 3 N–H and O–H groups in total. The molecule has 1 amide bonds. The Kier molecular flexibility index (Phi) is 8.63. The van der Waals surface area contributed by atoms with Gasteiger partial charge in [0, 0.05) is 5.03 Å². The minimum absolute atomic E-state index is 0.117. The smallest absolute Gasteiger partial charge is 0.239 e. The summed E-state index contributed by atoms with van der Waals surface area (Å²) in [5, 5.41) is 16.1. The van der Waals surface area contributed by atoms with Crippen molar-refractivity contribution in [2.75, 3.05) is 6.54 Å². The number of hydrogen-bond donors (Lipinski definition) is 3. The van der Waals surface area contributed by atoms with Crippen LogP contribution in [0.2, 0.25) is 0 Å². The molecule has 0 heterocycles. The van der Waals surface area contributed by atoms with E-state index >= 15 is 0 Å². The summed E-state index contributed by atoms with van der Waals surface area (Å²) in [5.41, 5.74) is 0.980. The van der Waals surface area contributed by atoms with Crippen molar-refractivity contribution in [3.63, 3.8) is 0 Å². The molecule has 1 fully saturated rings. The lowest BCUT2D eigenvalue weighted by Crippen LogP contribution is -2.47. The van der Waals surface area contributed by atoms with Crippen molar-refractivity contribution in [2.24, 2.45) is 0 Å². The maximum absolute atomic E-state index is 11.8. The molecule has 1 saturated carbocycles. The van der Waals surface area contributed by atoms with Gasteiger partial charge in [0.15, 0.2) is 0 Å². The molecule has 0 spiro atoms. The topological polar surface area (TPSA) is 61.4 Å². The average molecular weight is 325 g/mol. The van der Waals surface area contributed by atoms with Gasteiger partial charge in [0.2, 0.25) is 5.91 Å². The molecule has 122 valence electrons. The summed E-state index contributed by atoms with van der Waals surface area (Å²) in [7, 11) is 0. The van der Waals surface area contributed by atoms with E-state index < -0.39 is 6.10 Å². The second-order valence-electron chi connectivity index (χ2n) is 5.41. The van der Waals surface area contributed by atoms with Crippen LogP contribution < -0.4 is 10.6 Å². The molecule has 0 radical (unpaired) electrons. The first kappa shape index (κ1) is 18.5. The van der Waals surface area contributed by atoms with Crippen LogP contribution in [0.3, 0.4) is 0 Å². The maximum Gasteiger partial charge on any atom is 0.239 e. The lowest BCUT2D eigenvalue weighted by atomic mass is 9.92. The molecular formula is C17H25ClN2O2.